The number of hydrazone groups is 1. The third kappa shape index (κ3) is 2.93. The molecular formula is C14H12N6O3. The van der Waals surface area contributed by atoms with E-state index in [1.807, 2.05) is 18.2 Å². The summed E-state index contributed by atoms with van der Waals surface area (Å²) in [4.78, 5) is 18.7. The summed E-state index contributed by atoms with van der Waals surface area (Å²) in [5.41, 5.74) is 4.24. The Morgan fingerprint density at radius 1 is 1.43 bits per heavy atom. The number of nitrogens with zero attached hydrogens (tertiary/aromatic N) is 4. The van der Waals surface area contributed by atoms with Crippen molar-refractivity contribution in [3.8, 4) is 11.3 Å². The van der Waals surface area contributed by atoms with Gasteiger partial charge in [-0.2, -0.15) is 5.10 Å². The zero-order chi connectivity index (χ0) is 16.2. The van der Waals surface area contributed by atoms with Crippen LogP contribution in [0.25, 0.3) is 11.3 Å². The number of carbonyl (C=O) groups excluding carboxylic acids is 1. The Morgan fingerprint density at radius 2 is 2.22 bits per heavy atom. The van der Waals surface area contributed by atoms with E-state index >= 15 is 0 Å². The fraction of sp³-hybridized carbons (Fsp3) is 0.0714. The number of H-pyrrole nitrogens is 1. The highest BCUT2D eigenvalue weighted by Crippen LogP contribution is 2.17. The fourth-order valence-electron chi connectivity index (χ4n) is 1.95. The summed E-state index contributed by atoms with van der Waals surface area (Å²) in [6, 6.07) is 9.02. The van der Waals surface area contributed by atoms with E-state index in [0.717, 1.165) is 0 Å². The van der Waals surface area contributed by atoms with Gasteiger partial charge in [-0.05, 0) is 11.8 Å². The number of benzene rings is 1. The van der Waals surface area contributed by atoms with Gasteiger partial charge in [0.05, 0.1) is 6.33 Å². The van der Waals surface area contributed by atoms with Crippen molar-refractivity contribution in [1.82, 2.24) is 20.6 Å². The highest BCUT2D eigenvalue weighted by molar-refractivity contribution is 5.94. The quantitative estimate of drug-likeness (QED) is 0.418. The first kappa shape index (κ1) is 14.4. The van der Waals surface area contributed by atoms with Gasteiger partial charge in [0.1, 0.15) is 6.21 Å². The van der Waals surface area contributed by atoms with Gasteiger partial charge in [0.25, 0.3) is 11.6 Å². The summed E-state index contributed by atoms with van der Waals surface area (Å²) in [6.07, 6.45) is 2.58. The van der Waals surface area contributed by atoms with Crippen molar-refractivity contribution in [3.05, 3.63) is 58.9 Å². The zero-order valence-electron chi connectivity index (χ0n) is 12.1. The molecule has 0 aliphatic rings. The third-order valence-corrected chi connectivity index (χ3v) is 3.09. The lowest BCUT2D eigenvalue weighted by Gasteiger charge is -1.96. The number of amides is 1. The second kappa shape index (κ2) is 6.10. The molecule has 3 aromatic rings. The van der Waals surface area contributed by atoms with E-state index in [-0.39, 0.29) is 16.3 Å². The summed E-state index contributed by atoms with van der Waals surface area (Å²) in [6.45, 7) is 1.71. The van der Waals surface area contributed by atoms with Crippen LogP contribution in [0, 0.1) is 12.1 Å². The molecule has 1 aromatic carbocycles. The van der Waals surface area contributed by atoms with Gasteiger partial charge in [0.15, 0.2) is 5.69 Å². The smallest absolute Gasteiger partial charge is 0.291 e. The number of imidazole rings is 1. The Hall–Kier alpha value is -3.49. The molecule has 0 saturated carbocycles. The number of aryl methyl sites for hydroxylation is 1. The first-order chi connectivity index (χ1) is 11.2. The molecule has 2 aromatic heterocycles. The first-order valence-electron chi connectivity index (χ1n) is 6.65. The summed E-state index contributed by atoms with van der Waals surface area (Å²) in [5.74, 6) is -0.491. The number of carbonyl (C=O) groups is 1. The minimum Gasteiger partial charge on any atom is -0.359 e. The number of rotatable bonds is 4. The second-order valence-corrected chi connectivity index (χ2v) is 4.61. The molecule has 9 nitrogen and oxygen atoms in total. The molecule has 3 rings (SSSR count). The lowest BCUT2D eigenvalue weighted by molar-refractivity contribution is -0.803. The molecule has 0 bridgehead atoms. The molecule has 0 aliphatic heterocycles. The maximum Gasteiger partial charge on any atom is 0.291 e. The number of hydrogen-bond acceptors (Lipinski definition) is 6. The van der Waals surface area contributed by atoms with Crippen LogP contribution in [0.15, 0.2) is 46.4 Å². The maximum absolute atomic E-state index is 11.9. The maximum atomic E-state index is 11.9. The van der Waals surface area contributed by atoms with Crippen LogP contribution in [0.3, 0.4) is 0 Å². The third-order valence-electron chi connectivity index (χ3n) is 3.09. The first-order valence-corrected chi connectivity index (χ1v) is 6.65. The number of aromatic nitrogens is 4. The van der Waals surface area contributed by atoms with Crippen molar-refractivity contribution in [2.24, 2.45) is 5.10 Å². The molecule has 0 fully saturated rings. The van der Waals surface area contributed by atoms with Crippen molar-refractivity contribution in [1.29, 1.82) is 0 Å². The zero-order valence-corrected chi connectivity index (χ0v) is 12.1. The van der Waals surface area contributed by atoms with E-state index in [1.54, 1.807) is 19.1 Å². The monoisotopic (exact) mass is 312 g/mol. The number of aromatic amines is 1. The molecule has 0 spiro atoms. The topological polar surface area (TPSA) is 123 Å². The van der Waals surface area contributed by atoms with Gasteiger partial charge < -0.3 is 10.2 Å². The number of nitrogens with one attached hydrogen (secondary N) is 2. The van der Waals surface area contributed by atoms with Crippen molar-refractivity contribution in [3.63, 3.8) is 0 Å². The predicted octanol–water partition coefficient (Wildman–Crippen LogP) is 0.770. The molecule has 1 amide bonds. The Kier molecular flexibility index (Phi) is 3.83. The van der Waals surface area contributed by atoms with Crippen molar-refractivity contribution < 1.29 is 14.3 Å². The normalized spacial score (nSPS) is 11.0. The average Bonchev–Trinajstić information content (AvgIpc) is 3.15. The minimum atomic E-state index is -0.491. The molecule has 0 aliphatic carbocycles. The van der Waals surface area contributed by atoms with Gasteiger partial charge >= 0.3 is 0 Å². The highest BCUT2D eigenvalue weighted by Gasteiger charge is 2.19. The van der Waals surface area contributed by atoms with E-state index < -0.39 is 5.91 Å². The summed E-state index contributed by atoms with van der Waals surface area (Å²) in [7, 11) is 0. The molecule has 9 heteroatoms. The Balaban J connectivity index is 1.80. The van der Waals surface area contributed by atoms with E-state index in [9.17, 15) is 10.0 Å². The van der Waals surface area contributed by atoms with Crippen molar-refractivity contribution >= 4 is 12.1 Å². The predicted molar refractivity (Wildman–Crippen MR) is 79.3 cm³/mol. The van der Waals surface area contributed by atoms with E-state index in [1.165, 1.54) is 12.5 Å². The van der Waals surface area contributed by atoms with Crippen molar-refractivity contribution in [2.45, 2.75) is 6.92 Å². The van der Waals surface area contributed by atoms with Crippen molar-refractivity contribution in [2.75, 3.05) is 0 Å². The summed E-state index contributed by atoms with van der Waals surface area (Å²) < 4.78 is 4.59. The van der Waals surface area contributed by atoms with Crippen LogP contribution in [0.5, 0.6) is 0 Å². The van der Waals surface area contributed by atoms with Crippen LogP contribution in [0.2, 0.25) is 0 Å². The molecule has 0 unspecified atom stereocenters. The van der Waals surface area contributed by atoms with Gasteiger partial charge in [-0.25, -0.2) is 10.4 Å². The summed E-state index contributed by atoms with van der Waals surface area (Å²) in [5, 5.41) is 19.1. The Morgan fingerprint density at radius 3 is 2.91 bits per heavy atom. The van der Waals surface area contributed by atoms with Gasteiger partial charge in [-0.1, -0.05) is 30.3 Å². The van der Waals surface area contributed by atoms with Crippen LogP contribution < -0.4 is 10.3 Å². The van der Waals surface area contributed by atoms with Crippen LogP contribution in [0.4, 0.5) is 0 Å². The number of hydrogen-bond donors (Lipinski definition) is 2. The van der Waals surface area contributed by atoms with Crippen LogP contribution in [-0.4, -0.2) is 27.2 Å². The molecular weight excluding hydrogens is 300 g/mol. The van der Waals surface area contributed by atoms with Gasteiger partial charge in [0, 0.05) is 16.4 Å². The van der Waals surface area contributed by atoms with E-state index in [2.05, 4.69) is 30.3 Å². The van der Waals surface area contributed by atoms with E-state index in [4.69, 9.17) is 0 Å². The van der Waals surface area contributed by atoms with Crippen LogP contribution >= 0.6 is 0 Å². The van der Waals surface area contributed by atoms with Gasteiger partial charge in [0.2, 0.25) is 5.69 Å². The highest BCUT2D eigenvalue weighted by atomic mass is 16.8. The largest absolute Gasteiger partial charge is 0.359 e. The average molecular weight is 312 g/mol. The van der Waals surface area contributed by atoms with Gasteiger partial charge in [-0.3, -0.25) is 9.42 Å². The SMILES string of the molecule is Cc1[nH]cnc1C(=O)N/N=C/c1c(-c2ccccc2)no[n+]1[O-]. The van der Waals surface area contributed by atoms with Gasteiger partial charge in [-0.15, -0.1) is 0 Å². The molecule has 23 heavy (non-hydrogen) atoms. The molecule has 116 valence electrons. The van der Waals surface area contributed by atoms with E-state index in [0.29, 0.717) is 17.0 Å². The fourth-order valence-corrected chi connectivity index (χ4v) is 1.95. The Bertz CT molecular complexity index is 853. The molecule has 0 saturated heterocycles. The second-order valence-electron chi connectivity index (χ2n) is 4.61. The lowest BCUT2D eigenvalue weighted by Crippen LogP contribution is -2.29. The lowest BCUT2D eigenvalue weighted by atomic mass is 10.1. The molecule has 2 heterocycles. The molecule has 0 radical (unpaired) electrons. The molecule has 0 atom stereocenters. The summed E-state index contributed by atoms with van der Waals surface area (Å²) >= 11 is 0. The van der Waals surface area contributed by atoms with Crippen LogP contribution in [-0.2, 0) is 0 Å². The standard InChI is InChI=1S/C14H12N6O3/c1-9-12(16-8-15-9)14(21)18-17-7-11-13(19-23-20(11)22)10-5-3-2-4-6-10/h2-8H,1H3,(H,15,16)(H,18,21)/b17-7+. The molecule has 2 N–H and O–H groups in total. The minimum absolute atomic E-state index is 0.0789. The van der Waals surface area contributed by atoms with Crippen LogP contribution in [0.1, 0.15) is 21.9 Å². The Labute approximate surface area is 130 Å².